The van der Waals surface area contributed by atoms with Crippen LogP contribution in [0.15, 0.2) is 42.5 Å². The molecule has 17 heavy (non-hydrogen) atoms. The highest BCUT2D eigenvalue weighted by atomic mass is 16.1. The molecular formula is C15H14O2. The summed E-state index contributed by atoms with van der Waals surface area (Å²) in [6.45, 7) is 1.56. The Labute approximate surface area is 101 Å². The Morgan fingerprint density at radius 2 is 2.00 bits per heavy atom. The number of allylic oxidation sites excluding steroid dienone is 4. The summed E-state index contributed by atoms with van der Waals surface area (Å²) in [5, 5.41) is 0. The lowest BCUT2D eigenvalue weighted by atomic mass is 9.93. The van der Waals surface area contributed by atoms with Crippen LogP contribution in [0.25, 0.3) is 5.57 Å². The van der Waals surface area contributed by atoms with Crippen molar-refractivity contribution in [1.82, 2.24) is 0 Å². The minimum Gasteiger partial charge on any atom is -0.303 e. The molecule has 1 atom stereocenters. The summed E-state index contributed by atoms with van der Waals surface area (Å²) >= 11 is 0. The average molecular weight is 226 g/mol. The lowest BCUT2D eigenvalue weighted by Gasteiger charge is -2.11. The fourth-order valence-electron chi connectivity index (χ4n) is 1.85. The van der Waals surface area contributed by atoms with Gasteiger partial charge in [0.15, 0.2) is 5.78 Å². The number of rotatable bonds is 3. The van der Waals surface area contributed by atoms with E-state index in [0.29, 0.717) is 0 Å². The third-order valence-electron chi connectivity index (χ3n) is 2.93. The summed E-state index contributed by atoms with van der Waals surface area (Å²) in [7, 11) is 0. The molecule has 0 aliphatic heterocycles. The molecule has 0 bridgehead atoms. The first kappa shape index (κ1) is 11.5. The minimum absolute atomic E-state index is 0.00948. The van der Waals surface area contributed by atoms with Gasteiger partial charge in [0.25, 0.3) is 0 Å². The molecule has 1 aromatic carbocycles. The van der Waals surface area contributed by atoms with Crippen LogP contribution in [-0.4, -0.2) is 12.1 Å². The van der Waals surface area contributed by atoms with Gasteiger partial charge >= 0.3 is 0 Å². The largest absolute Gasteiger partial charge is 0.303 e. The van der Waals surface area contributed by atoms with Crippen LogP contribution in [0.4, 0.5) is 0 Å². The van der Waals surface area contributed by atoms with Gasteiger partial charge < -0.3 is 4.79 Å². The predicted molar refractivity (Wildman–Crippen MR) is 67.7 cm³/mol. The summed E-state index contributed by atoms with van der Waals surface area (Å²) in [6.07, 6.45) is 7.65. The number of carbonyl (C=O) groups excluding carboxylic acids is 2. The molecule has 0 amide bonds. The first-order valence-electron chi connectivity index (χ1n) is 5.66. The van der Waals surface area contributed by atoms with Gasteiger partial charge in [-0.15, -0.1) is 0 Å². The number of Topliss-reactive ketones (excluding diaryl/α,β-unsaturated/α-hetero) is 1. The molecule has 2 heteroatoms. The van der Waals surface area contributed by atoms with Crippen molar-refractivity contribution in [3.63, 3.8) is 0 Å². The van der Waals surface area contributed by atoms with Crippen LogP contribution >= 0.6 is 0 Å². The molecule has 2 rings (SSSR count). The zero-order chi connectivity index (χ0) is 12.3. The van der Waals surface area contributed by atoms with Gasteiger partial charge in [-0.3, -0.25) is 4.79 Å². The highest BCUT2D eigenvalue weighted by Crippen LogP contribution is 2.23. The number of ketones is 1. The molecule has 1 unspecified atom stereocenters. The van der Waals surface area contributed by atoms with Crippen LogP contribution in [0, 0.1) is 5.92 Å². The van der Waals surface area contributed by atoms with Crippen molar-refractivity contribution >= 4 is 17.6 Å². The van der Waals surface area contributed by atoms with Crippen molar-refractivity contribution in [3.05, 3.63) is 53.6 Å². The van der Waals surface area contributed by atoms with Crippen molar-refractivity contribution < 1.29 is 9.59 Å². The summed E-state index contributed by atoms with van der Waals surface area (Å²) in [6, 6.07) is 7.54. The average Bonchev–Trinajstić information content (AvgIpc) is 2.39. The molecule has 1 aliphatic rings. The molecule has 0 aromatic heterocycles. The maximum absolute atomic E-state index is 11.1. The normalized spacial score (nSPS) is 18.6. The van der Waals surface area contributed by atoms with Gasteiger partial charge in [-0.05, 0) is 24.5 Å². The van der Waals surface area contributed by atoms with E-state index < -0.39 is 0 Å². The molecule has 0 heterocycles. The van der Waals surface area contributed by atoms with Crippen LogP contribution in [0.1, 0.15) is 29.3 Å². The minimum atomic E-state index is 0.00948. The quantitative estimate of drug-likeness (QED) is 0.586. The summed E-state index contributed by atoms with van der Waals surface area (Å²) in [5.74, 6) is 0.0842. The van der Waals surface area contributed by atoms with Gasteiger partial charge in [0.1, 0.15) is 6.29 Å². The number of carbonyl (C=O) groups is 2. The number of hydrogen-bond donors (Lipinski definition) is 0. The van der Waals surface area contributed by atoms with E-state index in [9.17, 15) is 9.59 Å². The van der Waals surface area contributed by atoms with E-state index in [1.165, 1.54) is 0 Å². The molecule has 0 spiro atoms. The third-order valence-corrected chi connectivity index (χ3v) is 2.93. The van der Waals surface area contributed by atoms with Crippen molar-refractivity contribution in [2.24, 2.45) is 5.92 Å². The molecule has 0 radical (unpaired) electrons. The predicted octanol–water partition coefficient (Wildman–Crippen LogP) is 3.05. The monoisotopic (exact) mass is 226 g/mol. The topological polar surface area (TPSA) is 34.1 Å². The highest BCUT2D eigenvalue weighted by Gasteiger charge is 2.08. The van der Waals surface area contributed by atoms with Gasteiger partial charge in [0.05, 0.1) is 0 Å². The third kappa shape index (κ3) is 2.59. The second kappa shape index (κ2) is 4.91. The molecule has 0 saturated heterocycles. The lowest BCUT2D eigenvalue weighted by Crippen LogP contribution is -2.00. The van der Waals surface area contributed by atoms with Crippen molar-refractivity contribution in [2.45, 2.75) is 13.3 Å². The SMILES string of the molecule is CC(=O)c1ccc(C2=CCC(C=O)C=C2)cc1. The Kier molecular flexibility index (Phi) is 3.33. The molecule has 1 aromatic rings. The summed E-state index contributed by atoms with van der Waals surface area (Å²) in [5.41, 5.74) is 2.91. The molecule has 0 saturated carbocycles. The van der Waals surface area contributed by atoms with E-state index >= 15 is 0 Å². The van der Waals surface area contributed by atoms with Gasteiger partial charge in [-0.2, -0.15) is 0 Å². The summed E-state index contributed by atoms with van der Waals surface area (Å²) < 4.78 is 0. The Balaban J connectivity index is 2.19. The molecular weight excluding hydrogens is 212 g/mol. The van der Waals surface area contributed by atoms with E-state index in [1.807, 2.05) is 36.4 Å². The smallest absolute Gasteiger partial charge is 0.159 e. The second-order valence-corrected chi connectivity index (χ2v) is 4.19. The highest BCUT2D eigenvalue weighted by molar-refractivity contribution is 5.94. The number of hydrogen-bond acceptors (Lipinski definition) is 2. The molecule has 1 aliphatic carbocycles. The first-order chi connectivity index (χ1) is 8.20. The van der Waals surface area contributed by atoms with Crippen LogP contribution in [-0.2, 0) is 4.79 Å². The van der Waals surface area contributed by atoms with Gasteiger partial charge in [-0.25, -0.2) is 0 Å². The maximum atomic E-state index is 11.1. The van der Waals surface area contributed by atoms with Crippen molar-refractivity contribution in [3.8, 4) is 0 Å². The van der Waals surface area contributed by atoms with Crippen LogP contribution < -0.4 is 0 Å². The lowest BCUT2D eigenvalue weighted by molar-refractivity contribution is -0.109. The van der Waals surface area contributed by atoms with Gasteiger partial charge in [0, 0.05) is 11.5 Å². The number of aldehydes is 1. The van der Waals surface area contributed by atoms with Gasteiger partial charge in [0.2, 0.25) is 0 Å². The fraction of sp³-hybridized carbons (Fsp3) is 0.200. The zero-order valence-electron chi connectivity index (χ0n) is 9.72. The van der Waals surface area contributed by atoms with Crippen LogP contribution in [0.2, 0.25) is 0 Å². The maximum Gasteiger partial charge on any atom is 0.159 e. The Morgan fingerprint density at radius 3 is 2.47 bits per heavy atom. The Hall–Kier alpha value is -1.96. The second-order valence-electron chi connectivity index (χ2n) is 4.19. The van der Waals surface area contributed by atoms with Crippen molar-refractivity contribution in [1.29, 1.82) is 0 Å². The van der Waals surface area contributed by atoms with E-state index in [-0.39, 0.29) is 11.7 Å². The van der Waals surface area contributed by atoms with E-state index in [0.717, 1.165) is 29.4 Å². The summed E-state index contributed by atoms with van der Waals surface area (Å²) in [4.78, 5) is 21.8. The Morgan fingerprint density at radius 1 is 1.29 bits per heavy atom. The molecule has 2 nitrogen and oxygen atoms in total. The first-order valence-corrected chi connectivity index (χ1v) is 5.66. The zero-order valence-corrected chi connectivity index (χ0v) is 9.72. The van der Waals surface area contributed by atoms with Crippen molar-refractivity contribution in [2.75, 3.05) is 0 Å². The van der Waals surface area contributed by atoms with E-state index in [2.05, 4.69) is 6.08 Å². The van der Waals surface area contributed by atoms with Crippen LogP contribution in [0.3, 0.4) is 0 Å². The molecule has 0 N–H and O–H groups in total. The standard InChI is InChI=1S/C15H14O2/c1-11(17)13-6-8-15(9-7-13)14-4-2-12(10-16)3-5-14/h2,4-10,12H,3H2,1H3. The van der Waals surface area contributed by atoms with Gasteiger partial charge in [-0.1, -0.05) is 42.5 Å². The number of benzene rings is 1. The molecule has 0 fully saturated rings. The Bertz CT molecular complexity index is 492. The molecule has 86 valence electrons. The van der Waals surface area contributed by atoms with Crippen LogP contribution in [0.5, 0.6) is 0 Å². The fourth-order valence-corrected chi connectivity index (χ4v) is 1.85. The van der Waals surface area contributed by atoms with E-state index in [4.69, 9.17) is 0 Å². The van der Waals surface area contributed by atoms with E-state index in [1.54, 1.807) is 6.92 Å².